The van der Waals surface area contributed by atoms with E-state index >= 15 is 0 Å². The van der Waals surface area contributed by atoms with E-state index in [4.69, 9.17) is 4.74 Å². The predicted octanol–water partition coefficient (Wildman–Crippen LogP) is 2.25. The highest BCUT2D eigenvalue weighted by Crippen LogP contribution is 2.36. The number of esters is 1. The molecule has 0 fully saturated rings. The van der Waals surface area contributed by atoms with E-state index in [1.165, 1.54) is 19.2 Å². The van der Waals surface area contributed by atoms with Crippen molar-refractivity contribution in [2.24, 2.45) is 12.0 Å². The highest BCUT2D eigenvalue weighted by atomic mass is 79.9. The topological polar surface area (TPSA) is 81.4 Å². The molecule has 130 valence electrons. The van der Waals surface area contributed by atoms with Crippen molar-refractivity contribution >= 4 is 27.7 Å². The fraction of sp³-hybridized carbons (Fsp3) is 0.250. The summed E-state index contributed by atoms with van der Waals surface area (Å²) in [6.07, 6.45) is 1.55. The highest BCUT2D eigenvalue weighted by molar-refractivity contribution is 9.10. The molecule has 0 aliphatic carbocycles. The Hall–Kier alpha value is -2.55. The lowest BCUT2D eigenvalue weighted by Crippen LogP contribution is -2.33. The van der Waals surface area contributed by atoms with Crippen LogP contribution in [-0.4, -0.2) is 33.7 Å². The fourth-order valence-corrected chi connectivity index (χ4v) is 3.13. The van der Waals surface area contributed by atoms with E-state index in [0.717, 1.165) is 0 Å². The Labute approximate surface area is 151 Å². The number of ether oxygens (including phenoxy) is 1. The van der Waals surface area contributed by atoms with E-state index in [0.29, 0.717) is 33.0 Å². The number of aliphatic imine (C=N–C) groups is 1. The number of allylic oxidation sites excluding steroid dienone is 1. The molecular weight excluding hydrogens is 393 g/mol. The standard InChI is InChI=1S/C16H15BrFN5O2/c1-8-12(16(24)25-3)13(10-5-4-9(18)6-11(10)17)21-15(20-8)14-19-7-23(2)22-14/h4-7,13H,1-3H3,(H,20,21). The zero-order valence-electron chi connectivity index (χ0n) is 13.7. The third kappa shape index (κ3) is 3.32. The van der Waals surface area contributed by atoms with Gasteiger partial charge in [0.1, 0.15) is 18.2 Å². The van der Waals surface area contributed by atoms with E-state index < -0.39 is 12.0 Å². The quantitative estimate of drug-likeness (QED) is 0.789. The second kappa shape index (κ2) is 6.75. The number of aromatic nitrogens is 3. The van der Waals surface area contributed by atoms with Crippen LogP contribution >= 0.6 is 15.9 Å². The summed E-state index contributed by atoms with van der Waals surface area (Å²) in [7, 11) is 3.05. The molecule has 1 unspecified atom stereocenters. The number of nitrogens with one attached hydrogen (secondary N) is 1. The van der Waals surface area contributed by atoms with Gasteiger partial charge in [-0.3, -0.25) is 9.67 Å². The molecule has 0 amide bonds. The van der Waals surface area contributed by atoms with Crippen LogP contribution in [0.5, 0.6) is 0 Å². The summed E-state index contributed by atoms with van der Waals surface area (Å²) < 4.78 is 20.4. The Morgan fingerprint density at radius 3 is 2.80 bits per heavy atom. The van der Waals surface area contributed by atoms with Crippen LogP contribution in [0, 0.1) is 5.82 Å². The average Bonchev–Trinajstić information content (AvgIpc) is 3.00. The molecule has 25 heavy (non-hydrogen) atoms. The van der Waals surface area contributed by atoms with E-state index in [2.05, 4.69) is 36.3 Å². The molecule has 0 bridgehead atoms. The van der Waals surface area contributed by atoms with E-state index in [1.807, 2.05) is 0 Å². The molecule has 1 aliphatic rings. The normalized spacial score (nSPS) is 17.2. The summed E-state index contributed by atoms with van der Waals surface area (Å²) in [6.45, 7) is 1.74. The summed E-state index contributed by atoms with van der Waals surface area (Å²) in [5.41, 5.74) is 1.55. The Morgan fingerprint density at radius 2 is 2.20 bits per heavy atom. The minimum absolute atomic E-state index is 0.342. The minimum Gasteiger partial charge on any atom is -0.466 e. The third-order valence-electron chi connectivity index (χ3n) is 3.72. The smallest absolute Gasteiger partial charge is 0.338 e. The Morgan fingerprint density at radius 1 is 1.44 bits per heavy atom. The maximum absolute atomic E-state index is 13.5. The maximum Gasteiger partial charge on any atom is 0.338 e. The van der Waals surface area contributed by atoms with Crippen LogP contribution in [-0.2, 0) is 16.6 Å². The summed E-state index contributed by atoms with van der Waals surface area (Å²) in [5.74, 6) is -0.0792. The molecule has 0 saturated carbocycles. The number of aryl methyl sites for hydroxylation is 1. The monoisotopic (exact) mass is 407 g/mol. The number of methoxy groups -OCH3 is 1. The van der Waals surface area contributed by atoms with Crippen molar-refractivity contribution in [3.05, 3.63) is 57.5 Å². The Balaban J connectivity index is 2.14. The van der Waals surface area contributed by atoms with Crippen LogP contribution in [0.4, 0.5) is 4.39 Å². The number of hydrogen-bond donors (Lipinski definition) is 1. The van der Waals surface area contributed by atoms with Gasteiger partial charge in [0, 0.05) is 17.2 Å². The molecule has 9 heteroatoms. The van der Waals surface area contributed by atoms with Crippen molar-refractivity contribution in [2.75, 3.05) is 7.11 Å². The average molecular weight is 408 g/mol. The molecule has 1 N–H and O–H groups in total. The first-order valence-corrected chi connectivity index (χ1v) is 8.15. The molecule has 1 aliphatic heterocycles. The summed E-state index contributed by atoms with van der Waals surface area (Å²) in [4.78, 5) is 21.0. The van der Waals surface area contributed by atoms with Crippen molar-refractivity contribution in [3.63, 3.8) is 0 Å². The van der Waals surface area contributed by atoms with Gasteiger partial charge in [-0.25, -0.2) is 14.2 Å². The fourth-order valence-electron chi connectivity index (χ4n) is 2.56. The van der Waals surface area contributed by atoms with Gasteiger partial charge in [-0.2, -0.15) is 0 Å². The van der Waals surface area contributed by atoms with Gasteiger partial charge in [0.25, 0.3) is 0 Å². The summed E-state index contributed by atoms with van der Waals surface area (Å²) >= 11 is 3.34. The van der Waals surface area contributed by atoms with Crippen LogP contribution in [0.25, 0.3) is 0 Å². The van der Waals surface area contributed by atoms with Crippen LogP contribution in [0.2, 0.25) is 0 Å². The number of amidine groups is 1. The lowest BCUT2D eigenvalue weighted by atomic mass is 9.96. The molecule has 0 radical (unpaired) electrons. The first kappa shape index (κ1) is 17.3. The van der Waals surface area contributed by atoms with E-state index in [9.17, 15) is 9.18 Å². The van der Waals surface area contributed by atoms with Gasteiger partial charge in [-0.05, 0) is 24.6 Å². The van der Waals surface area contributed by atoms with Gasteiger partial charge < -0.3 is 10.1 Å². The minimum atomic E-state index is -0.678. The largest absolute Gasteiger partial charge is 0.466 e. The van der Waals surface area contributed by atoms with Gasteiger partial charge >= 0.3 is 5.97 Å². The number of benzene rings is 1. The van der Waals surface area contributed by atoms with Crippen LogP contribution < -0.4 is 5.32 Å². The SMILES string of the molecule is COC(=O)C1=C(C)NC(c2ncn(C)n2)=NC1c1ccc(F)cc1Br. The van der Waals surface area contributed by atoms with Crippen LogP contribution in [0.3, 0.4) is 0 Å². The number of hydrogen-bond acceptors (Lipinski definition) is 6. The molecule has 1 aromatic heterocycles. The zero-order chi connectivity index (χ0) is 18.1. The van der Waals surface area contributed by atoms with Crippen molar-refractivity contribution in [3.8, 4) is 0 Å². The van der Waals surface area contributed by atoms with Gasteiger partial charge in [-0.1, -0.05) is 22.0 Å². The van der Waals surface area contributed by atoms with E-state index in [1.54, 1.807) is 31.0 Å². The summed E-state index contributed by atoms with van der Waals surface area (Å²) in [5, 5.41) is 7.27. The Kier molecular flexibility index (Phi) is 4.67. The molecule has 1 aromatic carbocycles. The predicted molar refractivity (Wildman–Crippen MR) is 92.2 cm³/mol. The molecule has 7 nitrogen and oxygen atoms in total. The number of carbonyl (C=O) groups is 1. The van der Waals surface area contributed by atoms with Crippen LogP contribution in [0.15, 0.2) is 45.3 Å². The number of rotatable bonds is 3. The first-order chi connectivity index (χ1) is 11.9. The van der Waals surface area contributed by atoms with Gasteiger partial charge in [0.2, 0.25) is 5.82 Å². The third-order valence-corrected chi connectivity index (χ3v) is 4.40. The molecule has 3 rings (SSSR count). The lowest BCUT2D eigenvalue weighted by Gasteiger charge is -2.25. The molecule has 2 aromatic rings. The first-order valence-electron chi connectivity index (χ1n) is 7.35. The van der Waals surface area contributed by atoms with Crippen LogP contribution in [0.1, 0.15) is 24.4 Å². The van der Waals surface area contributed by atoms with Crippen molar-refractivity contribution in [1.29, 1.82) is 0 Å². The zero-order valence-corrected chi connectivity index (χ0v) is 15.3. The highest BCUT2D eigenvalue weighted by Gasteiger charge is 2.32. The Bertz CT molecular complexity index is 906. The molecule has 0 saturated heterocycles. The van der Waals surface area contributed by atoms with E-state index in [-0.39, 0.29) is 5.82 Å². The maximum atomic E-state index is 13.5. The molecule has 0 spiro atoms. The molecular formula is C16H15BrFN5O2. The second-order valence-electron chi connectivity index (χ2n) is 5.44. The van der Waals surface area contributed by atoms with Gasteiger partial charge in [0.05, 0.1) is 12.7 Å². The van der Waals surface area contributed by atoms with Crippen molar-refractivity contribution in [1.82, 2.24) is 20.1 Å². The summed E-state index contributed by atoms with van der Waals surface area (Å²) in [6, 6.07) is 3.55. The molecule has 1 atom stereocenters. The van der Waals surface area contributed by atoms with Crippen molar-refractivity contribution in [2.45, 2.75) is 13.0 Å². The second-order valence-corrected chi connectivity index (χ2v) is 6.30. The van der Waals surface area contributed by atoms with Gasteiger partial charge in [-0.15, -0.1) is 5.10 Å². The number of halogens is 2. The van der Waals surface area contributed by atoms with Crippen molar-refractivity contribution < 1.29 is 13.9 Å². The number of carbonyl (C=O) groups excluding carboxylic acids is 1. The van der Waals surface area contributed by atoms with Gasteiger partial charge in [0.15, 0.2) is 5.84 Å². The lowest BCUT2D eigenvalue weighted by molar-refractivity contribution is -0.136. The number of nitrogens with zero attached hydrogens (tertiary/aromatic N) is 4. The molecule has 2 heterocycles.